The summed E-state index contributed by atoms with van der Waals surface area (Å²) in [5, 5.41) is 4.15. The lowest BCUT2D eigenvalue weighted by molar-refractivity contribution is 0.0828. The predicted molar refractivity (Wildman–Crippen MR) is 160 cm³/mol. The molecule has 11 heteroatoms. The summed E-state index contributed by atoms with van der Waals surface area (Å²) in [6, 6.07) is 10.9. The summed E-state index contributed by atoms with van der Waals surface area (Å²) in [5.41, 5.74) is 10.2. The Morgan fingerprint density at radius 3 is 2.40 bits per heavy atom. The second-order valence-electron chi connectivity index (χ2n) is 11.4. The van der Waals surface area contributed by atoms with Crippen LogP contribution >= 0.6 is 0 Å². The maximum Gasteiger partial charge on any atom is 0.227 e. The molecule has 0 atom stereocenters. The fourth-order valence-corrected chi connectivity index (χ4v) is 6.48. The monoisotopic (exact) mass is 569 g/mol. The van der Waals surface area contributed by atoms with Gasteiger partial charge in [-0.3, -0.25) is 4.90 Å². The van der Waals surface area contributed by atoms with Crippen molar-refractivity contribution >= 4 is 39.4 Å². The van der Waals surface area contributed by atoms with Gasteiger partial charge >= 0.3 is 0 Å². The third-order valence-electron chi connectivity index (χ3n) is 8.82. The molecule has 1 aliphatic heterocycles. The molecule has 2 aromatic carbocycles. The Morgan fingerprint density at radius 2 is 1.64 bits per heavy atom. The SMILES string of the molecule is CN1CCN([C@H]2CC[C@@H](n3cc(-c4ccc(Nc5ncc6c(F)cc(F)cc6n5)cc4)c4c(N)ncnc43)CC2)CC1. The molecule has 0 bridgehead atoms. The number of hydrogen-bond donors (Lipinski definition) is 2. The summed E-state index contributed by atoms with van der Waals surface area (Å²) >= 11 is 0. The number of anilines is 3. The maximum absolute atomic E-state index is 14.0. The van der Waals surface area contributed by atoms with E-state index < -0.39 is 11.6 Å². The minimum atomic E-state index is -0.689. The van der Waals surface area contributed by atoms with Gasteiger partial charge in [-0.25, -0.2) is 28.7 Å². The van der Waals surface area contributed by atoms with E-state index in [0.29, 0.717) is 17.9 Å². The van der Waals surface area contributed by atoms with Gasteiger partial charge in [0.2, 0.25) is 5.95 Å². The van der Waals surface area contributed by atoms with E-state index in [1.165, 1.54) is 25.1 Å². The zero-order valence-electron chi connectivity index (χ0n) is 23.5. The third-order valence-corrected chi connectivity index (χ3v) is 8.82. The van der Waals surface area contributed by atoms with Gasteiger partial charge in [0.25, 0.3) is 0 Å². The van der Waals surface area contributed by atoms with Crippen LogP contribution < -0.4 is 11.1 Å². The number of aromatic nitrogens is 5. The highest BCUT2D eigenvalue weighted by molar-refractivity contribution is 6.00. The van der Waals surface area contributed by atoms with Gasteiger partial charge in [-0.2, -0.15) is 0 Å². The van der Waals surface area contributed by atoms with Crippen molar-refractivity contribution in [3.63, 3.8) is 0 Å². The molecular weight excluding hydrogens is 536 g/mol. The summed E-state index contributed by atoms with van der Waals surface area (Å²) in [6.45, 7) is 4.60. The smallest absolute Gasteiger partial charge is 0.227 e. The van der Waals surface area contributed by atoms with Crippen molar-refractivity contribution in [2.24, 2.45) is 0 Å². The molecule has 2 aliphatic rings. The Kier molecular flexibility index (Phi) is 6.91. The van der Waals surface area contributed by atoms with Gasteiger partial charge in [-0.05, 0) is 50.4 Å². The molecule has 1 saturated heterocycles. The molecule has 42 heavy (non-hydrogen) atoms. The molecule has 1 saturated carbocycles. The third kappa shape index (κ3) is 5.03. The molecule has 0 spiro atoms. The largest absolute Gasteiger partial charge is 0.383 e. The molecule has 1 aliphatic carbocycles. The highest BCUT2D eigenvalue weighted by Crippen LogP contribution is 2.39. The second-order valence-corrected chi connectivity index (χ2v) is 11.4. The summed E-state index contributed by atoms with van der Waals surface area (Å²) in [7, 11) is 2.20. The van der Waals surface area contributed by atoms with E-state index in [-0.39, 0.29) is 16.9 Å². The second kappa shape index (κ2) is 10.9. The Bertz CT molecular complexity index is 1740. The average Bonchev–Trinajstić information content (AvgIpc) is 3.39. The van der Waals surface area contributed by atoms with Crippen molar-refractivity contribution in [2.45, 2.75) is 37.8 Å². The number of rotatable bonds is 5. The summed E-state index contributed by atoms with van der Waals surface area (Å²) < 4.78 is 30.0. The number of halogens is 2. The van der Waals surface area contributed by atoms with E-state index in [1.807, 2.05) is 24.3 Å². The van der Waals surface area contributed by atoms with Gasteiger partial charge in [0.05, 0.1) is 16.3 Å². The normalized spacial score (nSPS) is 20.4. The van der Waals surface area contributed by atoms with Crippen LogP contribution in [0, 0.1) is 11.6 Å². The first-order valence-electron chi connectivity index (χ1n) is 14.5. The van der Waals surface area contributed by atoms with Crippen molar-refractivity contribution in [1.82, 2.24) is 34.3 Å². The summed E-state index contributed by atoms with van der Waals surface area (Å²) in [5.74, 6) is -0.654. The highest BCUT2D eigenvalue weighted by atomic mass is 19.1. The van der Waals surface area contributed by atoms with Crippen LogP contribution in [0.5, 0.6) is 0 Å². The number of nitrogen functional groups attached to an aromatic ring is 1. The van der Waals surface area contributed by atoms with Crippen molar-refractivity contribution < 1.29 is 8.78 Å². The van der Waals surface area contributed by atoms with Crippen molar-refractivity contribution in [2.75, 3.05) is 44.3 Å². The average molecular weight is 570 g/mol. The minimum absolute atomic E-state index is 0.168. The molecule has 7 rings (SSSR count). The lowest BCUT2D eigenvalue weighted by atomic mass is 9.89. The fraction of sp³-hybridized carbons (Fsp3) is 0.355. The van der Waals surface area contributed by atoms with Crippen LogP contribution in [-0.4, -0.2) is 73.6 Å². The van der Waals surface area contributed by atoms with Crippen LogP contribution in [0.1, 0.15) is 31.7 Å². The van der Waals surface area contributed by atoms with Crippen LogP contribution in [0.15, 0.2) is 55.1 Å². The lowest BCUT2D eigenvalue weighted by Gasteiger charge is -2.41. The molecule has 0 unspecified atom stereocenters. The van der Waals surface area contributed by atoms with Crippen LogP contribution in [0.3, 0.4) is 0 Å². The van der Waals surface area contributed by atoms with Crippen molar-refractivity contribution in [3.05, 3.63) is 66.8 Å². The molecule has 5 aromatic rings. The Morgan fingerprint density at radius 1 is 0.905 bits per heavy atom. The molecule has 216 valence electrons. The molecular formula is C31H33F2N9. The number of nitrogens with two attached hydrogens (primary N) is 1. The van der Waals surface area contributed by atoms with Crippen LogP contribution in [0.25, 0.3) is 33.1 Å². The number of hydrogen-bond acceptors (Lipinski definition) is 8. The summed E-state index contributed by atoms with van der Waals surface area (Å²) in [6.07, 6.45) is 9.64. The molecule has 2 fully saturated rings. The number of fused-ring (bicyclic) bond motifs is 2. The maximum atomic E-state index is 14.0. The Labute approximate surface area is 242 Å². The van der Waals surface area contributed by atoms with Gasteiger partial charge in [0, 0.05) is 74.0 Å². The predicted octanol–water partition coefficient (Wildman–Crippen LogP) is 5.38. The van der Waals surface area contributed by atoms with Crippen LogP contribution in [0.4, 0.5) is 26.2 Å². The van der Waals surface area contributed by atoms with Gasteiger partial charge < -0.3 is 20.5 Å². The molecule has 4 heterocycles. The highest BCUT2D eigenvalue weighted by Gasteiger charge is 2.30. The topological polar surface area (TPSA) is 101 Å². The Hall–Kier alpha value is -4.22. The van der Waals surface area contributed by atoms with E-state index in [0.717, 1.165) is 72.9 Å². The minimum Gasteiger partial charge on any atom is -0.383 e. The van der Waals surface area contributed by atoms with Crippen LogP contribution in [-0.2, 0) is 0 Å². The standard InChI is InChI=1S/C31H33F2N9/c1-40-10-12-41(13-11-40)22-6-8-23(9-7-22)42-17-25(28-29(34)36-18-37-30(28)42)19-2-4-21(5-3-19)38-31-35-16-24-26(33)14-20(32)15-27(24)39-31/h2-5,14-18,22-23H,6-13H2,1H3,(H2,34,36,37)(H,35,38,39)/t22-,23+. The number of likely N-dealkylation sites (N-methyl/N-ethyl adjacent to an activating group) is 1. The first kappa shape index (κ1) is 26.7. The first-order valence-corrected chi connectivity index (χ1v) is 14.5. The zero-order valence-corrected chi connectivity index (χ0v) is 23.5. The molecule has 0 amide bonds. The molecule has 9 nitrogen and oxygen atoms in total. The van der Waals surface area contributed by atoms with Crippen molar-refractivity contribution in [1.29, 1.82) is 0 Å². The van der Waals surface area contributed by atoms with Gasteiger partial charge in [0.1, 0.15) is 29.4 Å². The van der Waals surface area contributed by atoms with Gasteiger partial charge in [-0.1, -0.05) is 12.1 Å². The number of nitrogens with one attached hydrogen (secondary N) is 1. The van der Waals surface area contributed by atoms with E-state index in [1.54, 1.807) is 6.33 Å². The number of benzene rings is 2. The number of piperazine rings is 1. The molecule has 0 radical (unpaired) electrons. The van der Waals surface area contributed by atoms with E-state index in [4.69, 9.17) is 5.73 Å². The quantitative estimate of drug-likeness (QED) is 0.291. The zero-order chi connectivity index (χ0) is 28.8. The van der Waals surface area contributed by atoms with Gasteiger partial charge in [0.15, 0.2) is 0 Å². The van der Waals surface area contributed by atoms with E-state index in [2.05, 4.69) is 52.9 Å². The lowest BCUT2D eigenvalue weighted by Crippen LogP contribution is -2.49. The van der Waals surface area contributed by atoms with Crippen LogP contribution in [0.2, 0.25) is 0 Å². The van der Waals surface area contributed by atoms with E-state index in [9.17, 15) is 8.78 Å². The Balaban J connectivity index is 1.12. The van der Waals surface area contributed by atoms with Crippen molar-refractivity contribution in [3.8, 4) is 11.1 Å². The summed E-state index contributed by atoms with van der Waals surface area (Å²) in [4.78, 5) is 22.5. The molecule has 3 aromatic heterocycles. The molecule has 3 N–H and O–H groups in total. The van der Waals surface area contributed by atoms with Gasteiger partial charge in [-0.15, -0.1) is 0 Å². The fourth-order valence-electron chi connectivity index (χ4n) is 6.48. The first-order chi connectivity index (χ1) is 20.4. The number of nitrogens with zero attached hydrogens (tertiary/aromatic N) is 7. The van der Waals surface area contributed by atoms with E-state index >= 15 is 0 Å².